The highest BCUT2D eigenvalue weighted by Crippen LogP contribution is 2.33. The van der Waals surface area contributed by atoms with E-state index in [9.17, 15) is 25.5 Å². The second-order valence-electron chi connectivity index (χ2n) is 5.42. The molecule has 0 saturated carbocycles. The predicted octanol–water partition coefficient (Wildman–Crippen LogP) is -2.10. The molecule has 1 aliphatic rings. The molecule has 2 rings (SSSR count). The van der Waals surface area contributed by atoms with Gasteiger partial charge in [0.2, 0.25) is 6.29 Å². The minimum atomic E-state index is -1.57. The topological polar surface area (TPSA) is 149 Å². The Balaban J connectivity index is 2.25. The number of aliphatic hydroxyl groups is 6. The summed E-state index contributed by atoms with van der Waals surface area (Å²) in [7, 11) is 1.39. The molecule has 1 aromatic carbocycles. The van der Waals surface area contributed by atoms with Crippen LogP contribution in [0.15, 0.2) is 18.2 Å². The van der Waals surface area contributed by atoms with Gasteiger partial charge in [-0.2, -0.15) is 0 Å². The molecule has 6 N–H and O–H groups in total. The minimum absolute atomic E-state index is 0.0897. The SMILES string of the molecule is COc1ccc(C(O)CO)cc1OC1OC(CO)C(O)C(O)C1O. The first-order chi connectivity index (χ1) is 11.4. The normalized spacial score (nSPS) is 31.5. The third kappa shape index (κ3) is 3.78. The van der Waals surface area contributed by atoms with Crippen molar-refractivity contribution in [2.24, 2.45) is 0 Å². The van der Waals surface area contributed by atoms with Crippen molar-refractivity contribution >= 4 is 0 Å². The molecule has 0 aliphatic carbocycles. The van der Waals surface area contributed by atoms with Gasteiger partial charge in [0.15, 0.2) is 11.5 Å². The second-order valence-corrected chi connectivity index (χ2v) is 5.42. The first-order valence-corrected chi connectivity index (χ1v) is 7.37. The zero-order chi connectivity index (χ0) is 17.9. The van der Waals surface area contributed by atoms with E-state index in [1.165, 1.54) is 25.3 Å². The molecule has 9 heteroatoms. The summed E-state index contributed by atoms with van der Waals surface area (Å²) in [5.74, 6) is 0.354. The van der Waals surface area contributed by atoms with Gasteiger partial charge in [-0.25, -0.2) is 0 Å². The molecule has 24 heavy (non-hydrogen) atoms. The molecule has 0 aromatic heterocycles. The number of rotatable bonds is 6. The number of benzene rings is 1. The Kier molecular flexibility index (Phi) is 6.35. The van der Waals surface area contributed by atoms with Crippen LogP contribution in [0.4, 0.5) is 0 Å². The van der Waals surface area contributed by atoms with Gasteiger partial charge in [-0.1, -0.05) is 6.07 Å². The number of aliphatic hydroxyl groups excluding tert-OH is 6. The molecule has 9 nitrogen and oxygen atoms in total. The zero-order valence-corrected chi connectivity index (χ0v) is 13.0. The van der Waals surface area contributed by atoms with Crippen LogP contribution in [0.2, 0.25) is 0 Å². The van der Waals surface area contributed by atoms with Crippen LogP contribution in [0.25, 0.3) is 0 Å². The smallest absolute Gasteiger partial charge is 0.229 e. The number of ether oxygens (including phenoxy) is 3. The molecule has 6 unspecified atom stereocenters. The highest BCUT2D eigenvalue weighted by Gasteiger charge is 2.45. The molecule has 0 radical (unpaired) electrons. The summed E-state index contributed by atoms with van der Waals surface area (Å²) in [4.78, 5) is 0. The van der Waals surface area contributed by atoms with Crippen molar-refractivity contribution < 1.29 is 44.8 Å². The maximum Gasteiger partial charge on any atom is 0.229 e. The van der Waals surface area contributed by atoms with E-state index in [-0.39, 0.29) is 11.5 Å². The van der Waals surface area contributed by atoms with Gasteiger partial charge in [0, 0.05) is 0 Å². The predicted molar refractivity (Wildman–Crippen MR) is 79.4 cm³/mol. The van der Waals surface area contributed by atoms with Gasteiger partial charge in [-0.15, -0.1) is 0 Å². The van der Waals surface area contributed by atoms with Gasteiger partial charge in [0.25, 0.3) is 0 Å². The maximum absolute atomic E-state index is 10.00. The van der Waals surface area contributed by atoms with Crippen LogP contribution in [-0.4, -0.2) is 81.7 Å². The van der Waals surface area contributed by atoms with Crippen molar-refractivity contribution in [2.75, 3.05) is 20.3 Å². The van der Waals surface area contributed by atoms with Gasteiger partial charge in [0.05, 0.1) is 20.3 Å². The highest BCUT2D eigenvalue weighted by atomic mass is 16.7. The zero-order valence-electron chi connectivity index (χ0n) is 13.0. The van der Waals surface area contributed by atoms with E-state index in [4.69, 9.17) is 19.3 Å². The van der Waals surface area contributed by atoms with Crippen molar-refractivity contribution in [1.29, 1.82) is 0 Å². The van der Waals surface area contributed by atoms with Gasteiger partial charge in [-0.05, 0) is 17.7 Å². The fraction of sp³-hybridized carbons (Fsp3) is 0.600. The molecule has 1 saturated heterocycles. The van der Waals surface area contributed by atoms with Gasteiger partial charge in [-0.3, -0.25) is 0 Å². The molecule has 1 aromatic rings. The summed E-state index contributed by atoms with van der Waals surface area (Å²) in [6.45, 7) is -1.07. The summed E-state index contributed by atoms with van der Waals surface area (Å²) in [6.07, 6.45) is -8.25. The molecule has 6 atom stereocenters. The summed E-state index contributed by atoms with van der Waals surface area (Å²) in [6, 6.07) is 4.41. The number of hydrogen-bond donors (Lipinski definition) is 6. The summed E-state index contributed by atoms with van der Waals surface area (Å²) < 4.78 is 15.9. The van der Waals surface area contributed by atoms with E-state index < -0.39 is 50.0 Å². The molecular formula is C15H22O9. The van der Waals surface area contributed by atoms with Crippen LogP contribution in [0, 0.1) is 0 Å². The lowest BCUT2D eigenvalue weighted by Gasteiger charge is -2.39. The van der Waals surface area contributed by atoms with Crippen molar-refractivity contribution in [1.82, 2.24) is 0 Å². The molecular weight excluding hydrogens is 324 g/mol. The Hall–Kier alpha value is -1.46. The summed E-state index contributed by atoms with van der Waals surface area (Å²) in [5.41, 5.74) is 0.345. The molecule has 136 valence electrons. The third-order valence-corrected chi connectivity index (χ3v) is 3.84. The van der Waals surface area contributed by atoms with Crippen LogP contribution in [0.1, 0.15) is 11.7 Å². The van der Waals surface area contributed by atoms with E-state index >= 15 is 0 Å². The van der Waals surface area contributed by atoms with E-state index in [2.05, 4.69) is 0 Å². The molecule has 1 fully saturated rings. The van der Waals surface area contributed by atoms with Crippen LogP contribution >= 0.6 is 0 Å². The average Bonchev–Trinajstić information content (AvgIpc) is 2.61. The Morgan fingerprint density at radius 2 is 1.79 bits per heavy atom. The van der Waals surface area contributed by atoms with E-state index in [0.717, 1.165) is 0 Å². The molecule has 0 bridgehead atoms. The largest absolute Gasteiger partial charge is 0.493 e. The highest BCUT2D eigenvalue weighted by molar-refractivity contribution is 5.43. The average molecular weight is 346 g/mol. The monoisotopic (exact) mass is 346 g/mol. The molecule has 0 spiro atoms. The Bertz CT molecular complexity index is 536. The second kappa shape index (κ2) is 8.08. The fourth-order valence-corrected chi connectivity index (χ4v) is 2.39. The Morgan fingerprint density at radius 3 is 2.38 bits per heavy atom. The van der Waals surface area contributed by atoms with E-state index in [1.807, 2.05) is 0 Å². The maximum atomic E-state index is 10.00. The molecule has 1 aliphatic heterocycles. The van der Waals surface area contributed by atoms with Gasteiger partial charge < -0.3 is 44.8 Å². The van der Waals surface area contributed by atoms with Crippen molar-refractivity contribution in [3.8, 4) is 11.5 Å². The van der Waals surface area contributed by atoms with Crippen molar-refractivity contribution in [3.05, 3.63) is 23.8 Å². The lowest BCUT2D eigenvalue weighted by atomic mass is 9.99. The van der Waals surface area contributed by atoms with Crippen LogP contribution < -0.4 is 9.47 Å². The Morgan fingerprint density at radius 1 is 1.08 bits per heavy atom. The number of hydrogen-bond acceptors (Lipinski definition) is 9. The van der Waals surface area contributed by atoms with Gasteiger partial charge in [0.1, 0.15) is 30.5 Å². The van der Waals surface area contributed by atoms with Crippen LogP contribution in [-0.2, 0) is 4.74 Å². The lowest BCUT2D eigenvalue weighted by Crippen LogP contribution is -2.60. The summed E-state index contributed by atoms with van der Waals surface area (Å²) >= 11 is 0. The Labute approximate surface area is 138 Å². The summed E-state index contributed by atoms with van der Waals surface area (Å²) in [5, 5.41) is 57.4. The third-order valence-electron chi connectivity index (χ3n) is 3.84. The van der Waals surface area contributed by atoms with Gasteiger partial charge >= 0.3 is 0 Å². The van der Waals surface area contributed by atoms with Crippen LogP contribution in [0.5, 0.6) is 11.5 Å². The lowest BCUT2D eigenvalue weighted by molar-refractivity contribution is -0.277. The first kappa shape index (κ1) is 18.9. The quantitative estimate of drug-likeness (QED) is 0.340. The molecule has 0 amide bonds. The minimum Gasteiger partial charge on any atom is -0.493 e. The van der Waals surface area contributed by atoms with Crippen LogP contribution in [0.3, 0.4) is 0 Å². The first-order valence-electron chi connectivity index (χ1n) is 7.37. The standard InChI is InChI=1S/C15H22O9/c1-22-9-3-2-7(8(18)5-16)4-10(9)23-15-14(21)13(20)12(19)11(6-17)24-15/h2-4,8,11-21H,5-6H2,1H3. The van der Waals surface area contributed by atoms with Crippen molar-refractivity contribution in [2.45, 2.75) is 36.8 Å². The number of methoxy groups -OCH3 is 1. The fourth-order valence-electron chi connectivity index (χ4n) is 2.39. The van der Waals surface area contributed by atoms with E-state index in [0.29, 0.717) is 5.56 Å². The molecule has 1 heterocycles. The van der Waals surface area contributed by atoms with E-state index in [1.54, 1.807) is 0 Å². The van der Waals surface area contributed by atoms with Crippen molar-refractivity contribution in [3.63, 3.8) is 0 Å².